The lowest BCUT2D eigenvalue weighted by Crippen LogP contribution is -2.55. The number of ether oxygens (including phenoxy) is 1. The number of hydrogen-bond acceptors (Lipinski definition) is 6. The fraction of sp³-hybridized carbons (Fsp3) is 0.581. The number of carbonyl (C=O) groups is 3. The SMILES string of the molecule is CCC(CC)C(=O)N1CCCC1C(=O)N[C@H](Cc1ccc2ccccc2c1)C(=O)NCC(O)CNCC(C)OC. The maximum absolute atomic E-state index is 13.5. The summed E-state index contributed by atoms with van der Waals surface area (Å²) in [6.45, 7) is 7.37. The van der Waals surface area contributed by atoms with Crippen LogP contribution in [0.15, 0.2) is 42.5 Å². The van der Waals surface area contributed by atoms with E-state index in [0.717, 1.165) is 35.6 Å². The number of aliphatic hydroxyl groups is 1. The van der Waals surface area contributed by atoms with E-state index in [9.17, 15) is 19.5 Å². The van der Waals surface area contributed by atoms with Crippen LogP contribution >= 0.6 is 0 Å². The minimum Gasteiger partial charge on any atom is -0.390 e. The van der Waals surface area contributed by atoms with Gasteiger partial charge in [0.2, 0.25) is 17.7 Å². The van der Waals surface area contributed by atoms with Gasteiger partial charge in [-0.05, 0) is 48.9 Å². The van der Waals surface area contributed by atoms with Gasteiger partial charge in [-0.2, -0.15) is 0 Å². The smallest absolute Gasteiger partial charge is 0.243 e. The standard InChI is InChI=1S/C31H46N4O5/c1-5-23(6-2)31(39)35-15-9-12-28(35)30(38)34-27(17-22-13-14-24-10-7-8-11-25(24)16-22)29(37)33-20-26(36)19-32-18-21(3)40-4/h7-8,10-11,13-14,16,21,23,26-28,32,36H,5-6,9,12,15,17-20H2,1-4H3,(H,33,37)(H,34,38)/t21?,26?,27-,28?/m1/s1. The van der Waals surface area contributed by atoms with E-state index in [4.69, 9.17) is 4.74 Å². The number of fused-ring (bicyclic) bond motifs is 1. The number of carbonyl (C=O) groups excluding carboxylic acids is 3. The van der Waals surface area contributed by atoms with Crippen molar-refractivity contribution in [1.82, 2.24) is 20.9 Å². The zero-order chi connectivity index (χ0) is 29.1. The molecule has 9 heteroatoms. The van der Waals surface area contributed by atoms with Crippen molar-refractivity contribution in [1.29, 1.82) is 0 Å². The van der Waals surface area contributed by atoms with Gasteiger partial charge in [-0.1, -0.05) is 56.3 Å². The summed E-state index contributed by atoms with van der Waals surface area (Å²) in [6.07, 6.45) is 2.29. The molecule has 3 unspecified atom stereocenters. The first-order valence-electron chi connectivity index (χ1n) is 14.5. The summed E-state index contributed by atoms with van der Waals surface area (Å²) in [5.74, 6) is -0.779. The average Bonchev–Trinajstić information content (AvgIpc) is 3.46. The molecule has 0 aliphatic carbocycles. The Morgan fingerprint density at radius 1 is 1.05 bits per heavy atom. The van der Waals surface area contributed by atoms with E-state index in [2.05, 4.69) is 16.0 Å². The van der Waals surface area contributed by atoms with Crippen LogP contribution in [-0.2, 0) is 25.5 Å². The van der Waals surface area contributed by atoms with Crippen molar-refractivity contribution in [3.8, 4) is 0 Å². The molecule has 4 N–H and O–H groups in total. The van der Waals surface area contributed by atoms with Crippen molar-refractivity contribution < 1.29 is 24.2 Å². The number of methoxy groups -OCH3 is 1. The fourth-order valence-corrected chi connectivity index (χ4v) is 5.20. The highest BCUT2D eigenvalue weighted by Crippen LogP contribution is 2.23. The Bertz CT molecular complexity index is 1120. The molecule has 1 fully saturated rings. The Labute approximate surface area is 238 Å². The molecule has 3 rings (SSSR count). The molecule has 2 aromatic rings. The van der Waals surface area contributed by atoms with Crippen LogP contribution in [0.5, 0.6) is 0 Å². The van der Waals surface area contributed by atoms with E-state index >= 15 is 0 Å². The minimum absolute atomic E-state index is 0.00954. The van der Waals surface area contributed by atoms with Gasteiger partial charge >= 0.3 is 0 Å². The Kier molecular flexibility index (Phi) is 12.4. The van der Waals surface area contributed by atoms with Gasteiger partial charge in [0.05, 0.1) is 12.2 Å². The maximum Gasteiger partial charge on any atom is 0.243 e. The number of rotatable bonds is 15. The highest BCUT2D eigenvalue weighted by atomic mass is 16.5. The van der Waals surface area contributed by atoms with Crippen LogP contribution in [0.4, 0.5) is 0 Å². The Morgan fingerprint density at radius 2 is 1.77 bits per heavy atom. The van der Waals surface area contributed by atoms with Crippen LogP contribution in [-0.4, -0.2) is 85.3 Å². The number of nitrogens with zero attached hydrogens (tertiary/aromatic N) is 1. The molecule has 0 spiro atoms. The van der Waals surface area contributed by atoms with Crippen LogP contribution < -0.4 is 16.0 Å². The molecular weight excluding hydrogens is 508 g/mol. The lowest BCUT2D eigenvalue weighted by atomic mass is 10.00. The van der Waals surface area contributed by atoms with Crippen LogP contribution in [0.3, 0.4) is 0 Å². The van der Waals surface area contributed by atoms with Gasteiger partial charge in [0.25, 0.3) is 0 Å². The summed E-state index contributed by atoms with van der Waals surface area (Å²) in [5, 5.41) is 21.4. The van der Waals surface area contributed by atoms with E-state index in [1.807, 2.05) is 63.2 Å². The van der Waals surface area contributed by atoms with Crippen LogP contribution in [0.2, 0.25) is 0 Å². The summed E-state index contributed by atoms with van der Waals surface area (Å²) in [6, 6.07) is 12.5. The number of aliphatic hydroxyl groups excluding tert-OH is 1. The van der Waals surface area contributed by atoms with Gasteiger partial charge in [0.15, 0.2) is 0 Å². The molecule has 3 amide bonds. The second-order valence-corrected chi connectivity index (χ2v) is 10.8. The van der Waals surface area contributed by atoms with Crippen molar-refractivity contribution in [3.05, 3.63) is 48.0 Å². The second kappa shape index (κ2) is 15.7. The molecule has 0 saturated carbocycles. The van der Waals surface area contributed by atoms with Crippen LogP contribution in [0.1, 0.15) is 52.0 Å². The molecule has 1 saturated heterocycles. The summed E-state index contributed by atoms with van der Waals surface area (Å²) in [4.78, 5) is 41.6. The summed E-state index contributed by atoms with van der Waals surface area (Å²) in [7, 11) is 1.62. The topological polar surface area (TPSA) is 120 Å². The zero-order valence-corrected chi connectivity index (χ0v) is 24.3. The molecule has 9 nitrogen and oxygen atoms in total. The monoisotopic (exact) mass is 554 g/mol. The summed E-state index contributed by atoms with van der Waals surface area (Å²) >= 11 is 0. The number of hydrogen-bond donors (Lipinski definition) is 4. The largest absolute Gasteiger partial charge is 0.390 e. The lowest BCUT2D eigenvalue weighted by molar-refractivity contribution is -0.142. The number of benzene rings is 2. The molecule has 1 aliphatic heterocycles. The molecule has 40 heavy (non-hydrogen) atoms. The van der Waals surface area contributed by atoms with Crippen molar-refractivity contribution >= 4 is 28.5 Å². The van der Waals surface area contributed by atoms with Crippen LogP contribution in [0.25, 0.3) is 10.8 Å². The Hall–Kier alpha value is -3.01. The molecule has 0 bridgehead atoms. The molecule has 0 aromatic heterocycles. The molecule has 4 atom stereocenters. The predicted molar refractivity (Wildman–Crippen MR) is 157 cm³/mol. The third-order valence-corrected chi connectivity index (χ3v) is 7.79. The van der Waals surface area contributed by atoms with E-state index in [1.54, 1.807) is 12.0 Å². The zero-order valence-electron chi connectivity index (χ0n) is 24.3. The molecule has 0 radical (unpaired) electrons. The van der Waals surface area contributed by atoms with E-state index in [1.165, 1.54) is 0 Å². The number of amides is 3. The fourth-order valence-electron chi connectivity index (χ4n) is 5.20. The third-order valence-electron chi connectivity index (χ3n) is 7.79. The first-order valence-corrected chi connectivity index (χ1v) is 14.5. The predicted octanol–water partition coefficient (Wildman–Crippen LogP) is 2.40. The van der Waals surface area contributed by atoms with Crippen LogP contribution in [0, 0.1) is 5.92 Å². The second-order valence-electron chi connectivity index (χ2n) is 10.8. The molecule has 220 valence electrons. The lowest BCUT2D eigenvalue weighted by Gasteiger charge is -2.29. The van der Waals surface area contributed by atoms with Crippen molar-refractivity contribution in [2.24, 2.45) is 5.92 Å². The molecule has 2 aromatic carbocycles. The minimum atomic E-state index is -0.854. The number of nitrogens with one attached hydrogen (secondary N) is 3. The Morgan fingerprint density at radius 3 is 2.48 bits per heavy atom. The van der Waals surface area contributed by atoms with E-state index in [0.29, 0.717) is 26.1 Å². The molecule has 1 aliphatic rings. The first kappa shape index (κ1) is 31.5. The highest BCUT2D eigenvalue weighted by molar-refractivity contribution is 5.93. The quantitative estimate of drug-likeness (QED) is 0.268. The first-order chi connectivity index (χ1) is 19.3. The van der Waals surface area contributed by atoms with Gasteiger partial charge in [-0.3, -0.25) is 14.4 Å². The molecular formula is C31H46N4O5. The van der Waals surface area contributed by atoms with Gasteiger partial charge in [-0.15, -0.1) is 0 Å². The van der Waals surface area contributed by atoms with Gasteiger partial charge in [0, 0.05) is 45.6 Å². The van der Waals surface area contributed by atoms with Crippen molar-refractivity contribution in [2.75, 3.05) is 33.3 Å². The highest BCUT2D eigenvalue weighted by Gasteiger charge is 2.37. The normalized spacial score (nSPS) is 17.6. The van der Waals surface area contributed by atoms with Gasteiger partial charge in [-0.25, -0.2) is 0 Å². The van der Waals surface area contributed by atoms with Crippen molar-refractivity contribution in [3.63, 3.8) is 0 Å². The van der Waals surface area contributed by atoms with E-state index in [-0.39, 0.29) is 42.7 Å². The summed E-state index contributed by atoms with van der Waals surface area (Å²) in [5.41, 5.74) is 0.909. The molecule has 1 heterocycles. The average molecular weight is 555 g/mol. The Balaban J connectivity index is 1.71. The maximum atomic E-state index is 13.5. The third kappa shape index (κ3) is 8.74. The van der Waals surface area contributed by atoms with Crippen molar-refractivity contribution in [2.45, 2.75) is 77.2 Å². The van der Waals surface area contributed by atoms with E-state index < -0.39 is 18.2 Å². The van der Waals surface area contributed by atoms with Gasteiger partial charge < -0.3 is 30.7 Å². The summed E-state index contributed by atoms with van der Waals surface area (Å²) < 4.78 is 5.19. The van der Waals surface area contributed by atoms with Gasteiger partial charge in [0.1, 0.15) is 12.1 Å². The number of likely N-dealkylation sites (tertiary alicyclic amines) is 1.